The summed E-state index contributed by atoms with van der Waals surface area (Å²) in [6.45, 7) is 2.49. The van der Waals surface area contributed by atoms with Crippen molar-refractivity contribution in [2.75, 3.05) is 6.61 Å². The van der Waals surface area contributed by atoms with Crippen molar-refractivity contribution in [1.29, 1.82) is 0 Å². The molecule has 0 saturated heterocycles. The first-order valence-corrected chi connectivity index (χ1v) is 8.83. The minimum absolute atomic E-state index is 0.183. The summed E-state index contributed by atoms with van der Waals surface area (Å²) < 4.78 is 69.7. The maximum atomic E-state index is 13.0. The molecule has 0 bridgehead atoms. The van der Waals surface area contributed by atoms with E-state index in [1.165, 1.54) is 12.1 Å². The van der Waals surface area contributed by atoms with Crippen molar-refractivity contribution in [2.45, 2.75) is 55.0 Å². The summed E-state index contributed by atoms with van der Waals surface area (Å²) in [5.74, 6) is 0. The van der Waals surface area contributed by atoms with Crippen molar-refractivity contribution < 1.29 is 26.3 Å². The topological polar surface area (TPSA) is 43.4 Å². The Hall–Kier alpha value is -1.08. The van der Waals surface area contributed by atoms with Crippen LogP contribution in [0.1, 0.15) is 38.2 Å². The van der Waals surface area contributed by atoms with Crippen LogP contribution in [0.5, 0.6) is 0 Å². The van der Waals surface area contributed by atoms with Crippen LogP contribution in [-0.2, 0) is 20.8 Å². The van der Waals surface area contributed by atoms with Gasteiger partial charge in [0.1, 0.15) is 0 Å². The number of ether oxygens (including phenoxy) is 1. The van der Waals surface area contributed by atoms with Gasteiger partial charge in [0.15, 0.2) is 9.84 Å². The van der Waals surface area contributed by atoms with E-state index < -0.39 is 31.7 Å². The predicted octanol–water partition coefficient (Wildman–Crippen LogP) is 3.83. The van der Waals surface area contributed by atoms with E-state index >= 15 is 0 Å². The van der Waals surface area contributed by atoms with E-state index in [0.29, 0.717) is 19.4 Å². The molecule has 22 heavy (non-hydrogen) atoms. The highest BCUT2D eigenvalue weighted by molar-refractivity contribution is 7.92. The van der Waals surface area contributed by atoms with Gasteiger partial charge in [-0.2, -0.15) is 13.2 Å². The maximum absolute atomic E-state index is 13.0. The predicted molar refractivity (Wildman–Crippen MR) is 76.3 cm³/mol. The highest BCUT2D eigenvalue weighted by Crippen LogP contribution is 2.38. The number of hydrogen-bond donors (Lipinski definition) is 0. The third-order valence-electron chi connectivity index (χ3n) is 3.83. The Bertz CT molecular complexity index is 611. The number of benzene rings is 1. The first-order chi connectivity index (χ1) is 10.3. The minimum atomic E-state index is -4.68. The fourth-order valence-corrected chi connectivity index (χ4v) is 4.78. The fraction of sp³-hybridized carbons (Fsp3) is 0.600. The van der Waals surface area contributed by atoms with Crippen LogP contribution in [0.4, 0.5) is 13.2 Å². The molecule has 0 spiro atoms. The lowest BCUT2D eigenvalue weighted by molar-refractivity contribution is -0.139. The second-order valence-corrected chi connectivity index (χ2v) is 7.66. The third kappa shape index (κ3) is 3.63. The zero-order valence-electron chi connectivity index (χ0n) is 12.3. The van der Waals surface area contributed by atoms with E-state index in [-0.39, 0.29) is 12.5 Å². The maximum Gasteiger partial charge on any atom is 0.417 e. The van der Waals surface area contributed by atoms with Crippen LogP contribution in [0.15, 0.2) is 29.2 Å². The quantitative estimate of drug-likeness (QED) is 0.821. The largest absolute Gasteiger partial charge is 0.417 e. The average molecular weight is 336 g/mol. The second-order valence-electron chi connectivity index (χ2n) is 5.47. The molecule has 0 aromatic heterocycles. The summed E-state index contributed by atoms with van der Waals surface area (Å²) in [6, 6.07) is 4.37. The molecule has 1 aromatic carbocycles. The summed E-state index contributed by atoms with van der Waals surface area (Å²) in [7, 11) is -4.01. The van der Waals surface area contributed by atoms with Gasteiger partial charge in [-0.1, -0.05) is 19.1 Å². The van der Waals surface area contributed by atoms with Gasteiger partial charge in [0.25, 0.3) is 0 Å². The van der Waals surface area contributed by atoms with Crippen LogP contribution in [0.3, 0.4) is 0 Å². The zero-order valence-corrected chi connectivity index (χ0v) is 13.1. The van der Waals surface area contributed by atoms with Crippen LogP contribution >= 0.6 is 0 Å². The molecule has 2 atom stereocenters. The molecule has 0 heterocycles. The fourth-order valence-electron chi connectivity index (χ4n) is 2.75. The second kappa shape index (κ2) is 6.58. The highest BCUT2D eigenvalue weighted by atomic mass is 32.2. The molecule has 2 rings (SSSR count). The summed E-state index contributed by atoms with van der Waals surface area (Å²) in [4.78, 5) is -0.622. The van der Waals surface area contributed by atoms with E-state index in [1.54, 1.807) is 0 Å². The van der Waals surface area contributed by atoms with Crippen molar-refractivity contribution in [3.8, 4) is 0 Å². The first-order valence-electron chi connectivity index (χ1n) is 7.28. The van der Waals surface area contributed by atoms with E-state index in [9.17, 15) is 21.6 Å². The molecule has 1 fully saturated rings. The van der Waals surface area contributed by atoms with Crippen LogP contribution in [0.25, 0.3) is 0 Å². The van der Waals surface area contributed by atoms with Gasteiger partial charge >= 0.3 is 6.18 Å². The molecule has 1 aromatic rings. The molecule has 0 amide bonds. The molecular formula is C15H19F3O3S. The van der Waals surface area contributed by atoms with Gasteiger partial charge in [-0.3, -0.25) is 0 Å². The van der Waals surface area contributed by atoms with E-state index in [2.05, 4.69) is 0 Å². The lowest BCUT2D eigenvalue weighted by Gasteiger charge is -2.17. The van der Waals surface area contributed by atoms with Crippen molar-refractivity contribution in [1.82, 2.24) is 0 Å². The van der Waals surface area contributed by atoms with E-state index in [4.69, 9.17) is 4.74 Å². The van der Waals surface area contributed by atoms with Gasteiger partial charge < -0.3 is 4.74 Å². The van der Waals surface area contributed by atoms with E-state index in [0.717, 1.165) is 18.6 Å². The monoisotopic (exact) mass is 336 g/mol. The average Bonchev–Trinajstić information content (AvgIpc) is 2.94. The molecule has 1 saturated carbocycles. The number of sulfone groups is 1. The van der Waals surface area contributed by atoms with Gasteiger partial charge in [-0.05, 0) is 37.8 Å². The summed E-state index contributed by atoms with van der Waals surface area (Å²) in [5.41, 5.74) is -1.09. The minimum Gasteiger partial charge on any atom is -0.378 e. The molecule has 124 valence electrons. The molecule has 1 aliphatic carbocycles. The number of rotatable bonds is 5. The summed E-state index contributed by atoms with van der Waals surface area (Å²) in [6.07, 6.45) is -2.88. The normalized spacial score (nSPS) is 22.9. The molecule has 3 nitrogen and oxygen atoms in total. The van der Waals surface area contributed by atoms with Crippen molar-refractivity contribution >= 4 is 9.84 Å². The molecule has 7 heteroatoms. The molecule has 0 aliphatic heterocycles. The molecule has 0 radical (unpaired) electrons. The molecular weight excluding hydrogens is 317 g/mol. The Labute approximate surface area is 128 Å². The smallest absolute Gasteiger partial charge is 0.378 e. The Kier molecular flexibility index (Phi) is 5.17. The van der Waals surface area contributed by atoms with Crippen molar-refractivity contribution in [3.63, 3.8) is 0 Å². The summed E-state index contributed by atoms with van der Waals surface area (Å²) >= 11 is 0. The highest BCUT2D eigenvalue weighted by Gasteiger charge is 2.41. The molecule has 1 aliphatic rings. The van der Waals surface area contributed by atoms with Crippen molar-refractivity contribution in [3.05, 3.63) is 29.8 Å². The van der Waals surface area contributed by atoms with Gasteiger partial charge in [-0.15, -0.1) is 0 Å². The molecule has 0 N–H and O–H groups in total. The first kappa shape index (κ1) is 17.3. The SMILES string of the molecule is CCCO[C@H]1CC[C@H](S(=O)(=O)c2ccccc2C(F)(F)F)C1. The van der Waals surface area contributed by atoms with Crippen molar-refractivity contribution in [2.24, 2.45) is 0 Å². The van der Waals surface area contributed by atoms with Gasteiger partial charge in [0, 0.05) is 6.61 Å². The van der Waals surface area contributed by atoms with Gasteiger partial charge in [0.05, 0.1) is 21.8 Å². The van der Waals surface area contributed by atoms with Crippen LogP contribution in [0, 0.1) is 0 Å². The van der Waals surface area contributed by atoms with Gasteiger partial charge in [-0.25, -0.2) is 8.42 Å². The number of alkyl halides is 3. The number of halogens is 3. The summed E-state index contributed by atoms with van der Waals surface area (Å²) in [5, 5.41) is -0.808. The zero-order chi connectivity index (χ0) is 16.4. The van der Waals surface area contributed by atoms with Crippen LogP contribution in [0.2, 0.25) is 0 Å². The Morgan fingerprint density at radius 2 is 1.91 bits per heavy atom. The van der Waals surface area contributed by atoms with E-state index in [1.807, 2.05) is 6.92 Å². The standard InChI is InChI=1S/C15H19F3O3S/c1-2-9-21-11-7-8-12(10-11)22(19,20)14-6-4-3-5-13(14)15(16,17)18/h3-6,11-12H,2,7-10H2,1H3/t11-,12-/m0/s1. The Morgan fingerprint density at radius 3 is 2.55 bits per heavy atom. The molecule has 0 unspecified atom stereocenters. The Balaban J connectivity index is 2.26. The lowest BCUT2D eigenvalue weighted by atomic mass is 10.2. The third-order valence-corrected chi connectivity index (χ3v) is 6.11. The lowest BCUT2D eigenvalue weighted by Crippen LogP contribution is -2.23. The van der Waals surface area contributed by atoms with Crippen LogP contribution < -0.4 is 0 Å². The van der Waals surface area contributed by atoms with Gasteiger partial charge in [0.2, 0.25) is 0 Å². The Morgan fingerprint density at radius 1 is 1.23 bits per heavy atom. The number of hydrogen-bond acceptors (Lipinski definition) is 3. The van der Waals surface area contributed by atoms with Crippen LogP contribution in [-0.4, -0.2) is 26.4 Å².